The number of nitrogens with two attached hydrogens (primary N) is 1. The van der Waals surface area contributed by atoms with E-state index in [1.807, 2.05) is 0 Å². The van der Waals surface area contributed by atoms with E-state index in [1.54, 1.807) is 32.9 Å². The van der Waals surface area contributed by atoms with Crippen molar-refractivity contribution in [2.24, 2.45) is 5.90 Å². The van der Waals surface area contributed by atoms with Gasteiger partial charge in [0.2, 0.25) is 0 Å². The van der Waals surface area contributed by atoms with Crippen molar-refractivity contribution in [3.8, 4) is 11.5 Å². The lowest BCUT2D eigenvalue weighted by Crippen LogP contribution is -2.27. The second-order valence-corrected chi connectivity index (χ2v) is 5.44. The molecule has 0 heterocycles. The number of phenols is 1. The molecule has 7 heteroatoms. The monoisotopic (exact) mass is 298 g/mol. The van der Waals surface area contributed by atoms with E-state index in [0.717, 1.165) is 5.56 Å². The van der Waals surface area contributed by atoms with Gasteiger partial charge in [0.1, 0.15) is 5.60 Å². The summed E-state index contributed by atoms with van der Waals surface area (Å²) in [6, 6.07) is 3.26. The highest BCUT2D eigenvalue weighted by Crippen LogP contribution is 2.35. The summed E-state index contributed by atoms with van der Waals surface area (Å²) in [6.45, 7) is 5.56. The molecular formula is C14H22N2O5. The highest BCUT2D eigenvalue weighted by Gasteiger charge is 2.19. The number of ether oxygens (including phenoxy) is 2. The second-order valence-electron chi connectivity index (χ2n) is 5.44. The van der Waals surface area contributed by atoms with E-state index in [0.29, 0.717) is 13.0 Å². The van der Waals surface area contributed by atoms with E-state index in [-0.39, 0.29) is 17.2 Å². The maximum absolute atomic E-state index is 11.8. The zero-order chi connectivity index (χ0) is 16.0. The van der Waals surface area contributed by atoms with Crippen LogP contribution in [-0.2, 0) is 16.0 Å². The predicted octanol–water partition coefficient (Wildman–Crippen LogP) is 2.18. The maximum atomic E-state index is 11.8. The molecule has 0 radical (unpaired) electrons. The lowest BCUT2D eigenvalue weighted by Gasteiger charge is -2.20. The van der Waals surface area contributed by atoms with Crippen LogP contribution in [0.3, 0.4) is 0 Å². The Morgan fingerprint density at radius 2 is 2.05 bits per heavy atom. The van der Waals surface area contributed by atoms with Crippen molar-refractivity contribution in [3.63, 3.8) is 0 Å². The number of hydrogen-bond donors (Lipinski definition) is 3. The molecule has 21 heavy (non-hydrogen) atoms. The molecule has 0 aliphatic carbocycles. The first-order valence-electron chi connectivity index (χ1n) is 6.48. The molecular weight excluding hydrogens is 276 g/mol. The minimum Gasteiger partial charge on any atom is -0.503 e. The number of rotatable bonds is 5. The third-order valence-electron chi connectivity index (χ3n) is 2.50. The number of hydrogen-bond acceptors (Lipinski definition) is 6. The van der Waals surface area contributed by atoms with Crippen LogP contribution < -0.4 is 16.0 Å². The van der Waals surface area contributed by atoms with Gasteiger partial charge in [0.25, 0.3) is 0 Å². The van der Waals surface area contributed by atoms with Crippen LogP contribution in [0.15, 0.2) is 12.1 Å². The van der Waals surface area contributed by atoms with Crippen LogP contribution in [0, 0.1) is 0 Å². The Morgan fingerprint density at radius 1 is 1.38 bits per heavy atom. The number of carbonyl (C=O) groups excluding carboxylic acids is 1. The molecule has 0 unspecified atom stereocenters. The van der Waals surface area contributed by atoms with Crippen LogP contribution in [-0.4, -0.2) is 30.5 Å². The molecule has 0 bridgehead atoms. The van der Waals surface area contributed by atoms with Crippen molar-refractivity contribution in [1.82, 2.24) is 0 Å². The number of aromatic hydroxyl groups is 1. The fraction of sp³-hybridized carbons (Fsp3) is 0.500. The van der Waals surface area contributed by atoms with E-state index >= 15 is 0 Å². The maximum Gasteiger partial charge on any atom is 0.412 e. The Morgan fingerprint density at radius 3 is 2.57 bits per heavy atom. The Labute approximate surface area is 123 Å². The van der Waals surface area contributed by atoms with E-state index in [1.165, 1.54) is 7.11 Å². The molecule has 0 atom stereocenters. The van der Waals surface area contributed by atoms with Gasteiger partial charge >= 0.3 is 6.09 Å². The van der Waals surface area contributed by atoms with Crippen molar-refractivity contribution in [2.45, 2.75) is 32.8 Å². The van der Waals surface area contributed by atoms with Gasteiger partial charge in [0, 0.05) is 0 Å². The molecule has 0 aliphatic heterocycles. The highest BCUT2D eigenvalue weighted by molar-refractivity contribution is 5.88. The summed E-state index contributed by atoms with van der Waals surface area (Å²) in [7, 11) is 1.43. The predicted molar refractivity (Wildman–Crippen MR) is 78.4 cm³/mol. The van der Waals surface area contributed by atoms with Crippen molar-refractivity contribution in [2.75, 3.05) is 19.0 Å². The minimum atomic E-state index is -0.660. The van der Waals surface area contributed by atoms with Gasteiger partial charge < -0.3 is 19.4 Å². The summed E-state index contributed by atoms with van der Waals surface area (Å²) in [5.41, 5.74) is 0.367. The van der Waals surface area contributed by atoms with Gasteiger partial charge in [-0.05, 0) is 44.9 Å². The molecule has 0 fully saturated rings. The molecule has 118 valence electrons. The van der Waals surface area contributed by atoms with Crippen LogP contribution in [0.4, 0.5) is 10.5 Å². The van der Waals surface area contributed by atoms with Crippen LogP contribution >= 0.6 is 0 Å². The fourth-order valence-electron chi connectivity index (χ4n) is 1.65. The number of phenolic OH excluding ortho intramolecular Hbond substituents is 1. The normalized spacial score (nSPS) is 11.1. The Hall–Kier alpha value is -1.99. The first kappa shape index (κ1) is 17.1. The van der Waals surface area contributed by atoms with Gasteiger partial charge in [-0.25, -0.2) is 10.7 Å². The number of nitrogens with one attached hydrogen (secondary N) is 1. The van der Waals surface area contributed by atoms with Crippen LogP contribution in [0.2, 0.25) is 0 Å². The lowest BCUT2D eigenvalue weighted by atomic mass is 10.1. The molecule has 0 aromatic heterocycles. The Kier molecular flexibility index (Phi) is 5.80. The number of amides is 1. The zero-order valence-corrected chi connectivity index (χ0v) is 12.7. The summed E-state index contributed by atoms with van der Waals surface area (Å²) in [5.74, 6) is 5.07. The number of benzene rings is 1. The Bertz CT molecular complexity index is 497. The standard InChI is InChI=1S/C14H22N2O5/c1-14(2,3)21-13(18)16-10-7-9(5-6-20-15)8-11(19-4)12(10)17/h7-8,17H,5-6,15H2,1-4H3,(H,16,18). The van der Waals surface area contributed by atoms with Gasteiger partial charge in [0.05, 0.1) is 19.4 Å². The van der Waals surface area contributed by atoms with Gasteiger partial charge in [0.15, 0.2) is 11.5 Å². The molecule has 1 rings (SSSR count). The largest absolute Gasteiger partial charge is 0.503 e. The zero-order valence-electron chi connectivity index (χ0n) is 12.7. The highest BCUT2D eigenvalue weighted by atomic mass is 16.6. The third-order valence-corrected chi connectivity index (χ3v) is 2.50. The summed E-state index contributed by atoms with van der Waals surface area (Å²) < 4.78 is 10.2. The van der Waals surface area contributed by atoms with Crippen molar-refractivity contribution >= 4 is 11.8 Å². The van der Waals surface area contributed by atoms with E-state index in [9.17, 15) is 9.90 Å². The van der Waals surface area contributed by atoms with E-state index < -0.39 is 11.7 Å². The molecule has 4 N–H and O–H groups in total. The quantitative estimate of drug-likeness (QED) is 0.568. The van der Waals surface area contributed by atoms with E-state index in [4.69, 9.17) is 15.4 Å². The van der Waals surface area contributed by atoms with Gasteiger partial charge in [-0.1, -0.05) is 0 Å². The average molecular weight is 298 g/mol. The average Bonchev–Trinajstić information content (AvgIpc) is 2.37. The summed E-state index contributed by atoms with van der Waals surface area (Å²) in [6.07, 6.45) is -0.150. The van der Waals surface area contributed by atoms with E-state index in [2.05, 4.69) is 10.2 Å². The van der Waals surface area contributed by atoms with Crippen molar-refractivity contribution in [3.05, 3.63) is 17.7 Å². The van der Waals surface area contributed by atoms with Gasteiger partial charge in [-0.15, -0.1) is 0 Å². The summed E-state index contributed by atoms with van der Waals surface area (Å²) >= 11 is 0. The van der Waals surface area contributed by atoms with Crippen LogP contribution in [0.1, 0.15) is 26.3 Å². The van der Waals surface area contributed by atoms with Crippen molar-refractivity contribution in [1.29, 1.82) is 0 Å². The summed E-state index contributed by atoms with van der Waals surface area (Å²) in [5, 5.41) is 12.5. The molecule has 0 spiro atoms. The molecule has 7 nitrogen and oxygen atoms in total. The molecule has 0 saturated carbocycles. The molecule has 1 aromatic rings. The molecule has 1 amide bonds. The van der Waals surface area contributed by atoms with Crippen molar-refractivity contribution < 1.29 is 24.2 Å². The molecule has 0 aliphatic rings. The SMILES string of the molecule is COc1cc(CCON)cc(NC(=O)OC(C)(C)C)c1O. The first-order valence-corrected chi connectivity index (χ1v) is 6.48. The topological polar surface area (TPSA) is 103 Å². The van der Waals surface area contributed by atoms with Crippen LogP contribution in [0.5, 0.6) is 11.5 Å². The molecule has 0 saturated heterocycles. The molecule has 1 aromatic carbocycles. The van der Waals surface area contributed by atoms with Gasteiger partial charge in [-0.2, -0.15) is 0 Å². The minimum absolute atomic E-state index is 0.166. The lowest BCUT2D eigenvalue weighted by molar-refractivity contribution is 0.0635. The second kappa shape index (κ2) is 7.14. The first-order chi connectivity index (χ1) is 9.76. The fourth-order valence-corrected chi connectivity index (χ4v) is 1.65. The Balaban J connectivity index is 2.96. The van der Waals surface area contributed by atoms with Crippen LogP contribution in [0.25, 0.3) is 0 Å². The number of methoxy groups -OCH3 is 1. The number of anilines is 1. The van der Waals surface area contributed by atoms with Gasteiger partial charge in [-0.3, -0.25) is 5.32 Å². The smallest absolute Gasteiger partial charge is 0.412 e. The summed E-state index contributed by atoms with van der Waals surface area (Å²) in [4.78, 5) is 16.3. The number of carbonyl (C=O) groups is 1. The third kappa shape index (κ3) is 5.49.